The van der Waals surface area contributed by atoms with Gasteiger partial charge >= 0.3 is 0 Å². The molecule has 1 aliphatic carbocycles. The average molecular weight is 491 g/mol. The molecule has 1 saturated heterocycles. The molecule has 2 aromatic rings. The molecule has 4 rings (SSSR count). The number of hydrogen-bond acceptors (Lipinski definition) is 2. The van der Waals surface area contributed by atoms with Crippen molar-refractivity contribution in [3.63, 3.8) is 0 Å². The third kappa shape index (κ3) is 5.47. The topological polar surface area (TPSA) is 36.9 Å². The third-order valence-corrected chi connectivity index (χ3v) is 5.59. The van der Waals surface area contributed by atoms with E-state index in [1.54, 1.807) is 0 Å². The molecule has 2 fully saturated rings. The molecule has 0 aromatic heterocycles. The summed E-state index contributed by atoms with van der Waals surface area (Å²) in [6, 6.07) is 21.7. The van der Waals surface area contributed by atoms with E-state index in [1.165, 1.54) is 24.0 Å². The van der Waals surface area contributed by atoms with Crippen LogP contribution in [-0.2, 0) is 11.3 Å². The van der Waals surface area contributed by atoms with Crippen molar-refractivity contribution in [1.82, 2.24) is 10.2 Å². The van der Waals surface area contributed by atoms with Gasteiger partial charge in [0, 0.05) is 38.0 Å². The Hall–Kier alpha value is -1.60. The molecule has 0 spiro atoms. The van der Waals surface area contributed by atoms with Crippen molar-refractivity contribution in [3.05, 3.63) is 71.8 Å². The number of hydrogen-bond donors (Lipinski definition) is 1. The minimum absolute atomic E-state index is 0. The number of ether oxygens (including phenoxy) is 1. The number of likely N-dealkylation sites (tertiary alicyclic amines) is 1. The first kappa shape index (κ1) is 21.1. The van der Waals surface area contributed by atoms with E-state index < -0.39 is 0 Å². The van der Waals surface area contributed by atoms with Crippen molar-refractivity contribution in [1.29, 1.82) is 0 Å². The van der Waals surface area contributed by atoms with E-state index in [0.29, 0.717) is 24.5 Å². The van der Waals surface area contributed by atoms with Crippen LogP contribution in [0.3, 0.4) is 0 Å². The summed E-state index contributed by atoms with van der Waals surface area (Å²) in [5.74, 6) is 2.25. The summed E-state index contributed by atoms with van der Waals surface area (Å²) in [7, 11) is 1.89. The maximum atomic E-state index is 5.95. The Balaban J connectivity index is 0.00000225. The van der Waals surface area contributed by atoms with Gasteiger partial charge in [-0.15, -0.1) is 24.0 Å². The fourth-order valence-corrected chi connectivity index (χ4v) is 3.96. The van der Waals surface area contributed by atoms with Crippen molar-refractivity contribution in [2.24, 2.45) is 10.9 Å². The lowest BCUT2D eigenvalue weighted by atomic mass is 10.1. The van der Waals surface area contributed by atoms with Gasteiger partial charge in [0.05, 0.1) is 13.2 Å². The lowest BCUT2D eigenvalue weighted by Gasteiger charge is -2.22. The van der Waals surface area contributed by atoms with E-state index in [9.17, 15) is 0 Å². The largest absolute Gasteiger partial charge is 0.376 e. The highest BCUT2D eigenvalue weighted by atomic mass is 127. The molecule has 0 radical (unpaired) electrons. The summed E-state index contributed by atoms with van der Waals surface area (Å²) in [4.78, 5) is 6.92. The number of benzene rings is 2. The molecule has 2 aromatic carbocycles. The molecular formula is C23H30IN3O. The highest BCUT2D eigenvalue weighted by Crippen LogP contribution is 2.40. The Labute approximate surface area is 185 Å². The molecule has 1 saturated carbocycles. The lowest BCUT2D eigenvalue weighted by Crippen LogP contribution is -2.41. The van der Waals surface area contributed by atoms with Gasteiger partial charge in [-0.1, -0.05) is 60.7 Å². The zero-order chi connectivity index (χ0) is 18.5. The van der Waals surface area contributed by atoms with E-state index in [2.05, 4.69) is 69.8 Å². The number of halogens is 1. The van der Waals surface area contributed by atoms with Crippen LogP contribution in [0.4, 0.5) is 0 Å². The molecule has 0 amide bonds. The summed E-state index contributed by atoms with van der Waals surface area (Å²) >= 11 is 0. The Kier molecular flexibility index (Phi) is 7.73. The normalized spacial score (nSPS) is 24.0. The van der Waals surface area contributed by atoms with Crippen LogP contribution in [0, 0.1) is 5.92 Å². The SMILES string of the molecule is CN=C(NC1CC1c1ccccc1)N1CCC(COCc2ccccc2)C1.I. The second-order valence-electron chi connectivity index (χ2n) is 7.65. The van der Waals surface area contributed by atoms with Crippen LogP contribution >= 0.6 is 24.0 Å². The van der Waals surface area contributed by atoms with Crippen LogP contribution < -0.4 is 5.32 Å². The smallest absolute Gasteiger partial charge is 0.193 e. The van der Waals surface area contributed by atoms with Gasteiger partial charge in [0.15, 0.2) is 5.96 Å². The zero-order valence-corrected chi connectivity index (χ0v) is 18.8. The van der Waals surface area contributed by atoms with Gasteiger partial charge in [-0.05, 0) is 24.0 Å². The van der Waals surface area contributed by atoms with E-state index >= 15 is 0 Å². The Morgan fingerprint density at radius 2 is 1.82 bits per heavy atom. The number of rotatable bonds is 6. The Morgan fingerprint density at radius 3 is 2.54 bits per heavy atom. The first-order valence-electron chi connectivity index (χ1n) is 9.98. The van der Waals surface area contributed by atoms with Crippen molar-refractivity contribution in [2.75, 3.05) is 26.7 Å². The van der Waals surface area contributed by atoms with Crippen molar-refractivity contribution in [3.8, 4) is 0 Å². The van der Waals surface area contributed by atoms with Crippen LogP contribution in [0.2, 0.25) is 0 Å². The number of nitrogens with zero attached hydrogens (tertiary/aromatic N) is 2. The molecule has 1 N–H and O–H groups in total. The van der Waals surface area contributed by atoms with Gasteiger partial charge in [-0.25, -0.2) is 0 Å². The van der Waals surface area contributed by atoms with Gasteiger partial charge in [-0.2, -0.15) is 0 Å². The summed E-state index contributed by atoms with van der Waals surface area (Å²) < 4.78 is 5.95. The second-order valence-corrected chi connectivity index (χ2v) is 7.65. The van der Waals surface area contributed by atoms with E-state index in [-0.39, 0.29) is 24.0 Å². The fourth-order valence-electron chi connectivity index (χ4n) is 3.96. The number of nitrogens with one attached hydrogen (secondary N) is 1. The van der Waals surface area contributed by atoms with Crippen molar-refractivity contribution < 1.29 is 4.74 Å². The first-order chi connectivity index (χ1) is 13.3. The quantitative estimate of drug-likeness (QED) is 0.373. The summed E-state index contributed by atoms with van der Waals surface area (Å²) in [6.07, 6.45) is 2.36. The first-order valence-corrected chi connectivity index (χ1v) is 9.98. The fraction of sp³-hybridized carbons (Fsp3) is 0.435. The Bertz CT molecular complexity index is 753. The van der Waals surface area contributed by atoms with E-state index in [1.807, 2.05) is 13.1 Å². The van der Waals surface area contributed by atoms with Crippen LogP contribution in [0.25, 0.3) is 0 Å². The number of aliphatic imine (C=N–C) groups is 1. The molecule has 3 unspecified atom stereocenters. The van der Waals surface area contributed by atoms with Gasteiger partial charge in [0.2, 0.25) is 0 Å². The number of guanidine groups is 1. The summed E-state index contributed by atoms with van der Waals surface area (Å²) in [5, 5.41) is 3.67. The van der Waals surface area contributed by atoms with Crippen LogP contribution in [0.1, 0.15) is 29.9 Å². The minimum Gasteiger partial charge on any atom is -0.376 e. The summed E-state index contributed by atoms with van der Waals surface area (Å²) in [6.45, 7) is 3.60. The molecular weight excluding hydrogens is 461 g/mol. The molecule has 28 heavy (non-hydrogen) atoms. The molecule has 1 heterocycles. The van der Waals surface area contributed by atoms with Gasteiger partial charge in [0.1, 0.15) is 0 Å². The predicted octanol–water partition coefficient (Wildman–Crippen LogP) is 4.27. The Morgan fingerprint density at radius 1 is 1.11 bits per heavy atom. The highest BCUT2D eigenvalue weighted by molar-refractivity contribution is 14.0. The molecule has 150 valence electrons. The van der Waals surface area contributed by atoms with Crippen molar-refractivity contribution in [2.45, 2.75) is 31.4 Å². The van der Waals surface area contributed by atoms with Gasteiger partial charge in [0.25, 0.3) is 0 Å². The average Bonchev–Trinajstić information content (AvgIpc) is 3.35. The molecule has 1 aliphatic heterocycles. The van der Waals surface area contributed by atoms with E-state index in [4.69, 9.17) is 4.74 Å². The molecule has 4 nitrogen and oxygen atoms in total. The minimum atomic E-state index is 0. The third-order valence-electron chi connectivity index (χ3n) is 5.59. The van der Waals surface area contributed by atoms with Crippen LogP contribution in [0.5, 0.6) is 0 Å². The lowest BCUT2D eigenvalue weighted by molar-refractivity contribution is 0.0906. The predicted molar refractivity (Wildman–Crippen MR) is 125 cm³/mol. The maximum Gasteiger partial charge on any atom is 0.193 e. The summed E-state index contributed by atoms with van der Waals surface area (Å²) in [5.41, 5.74) is 2.67. The standard InChI is InChI=1S/C23H29N3O.HI/c1-24-23(25-22-14-21(22)20-10-6-3-7-11-20)26-13-12-19(15-26)17-27-16-18-8-4-2-5-9-18;/h2-11,19,21-22H,12-17H2,1H3,(H,24,25);1H. The monoisotopic (exact) mass is 491 g/mol. The second kappa shape index (κ2) is 10.3. The molecule has 2 aliphatic rings. The molecule has 3 atom stereocenters. The van der Waals surface area contributed by atoms with Gasteiger partial charge < -0.3 is 15.0 Å². The van der Waals surface area contributed by atoms with E-state index in [0.717, 1.165) is 25.7 Å². The maximum absolute atomic E-state index is 5.95. The molecule has 0 bridgehead atoms. The van der Waals surface area contributed by atoms with Gasteiger partial charge in [-0.3, -0.25) is 4.99 Å². The molecule has 5 heteroatoms. The van der Waals surface area contributed by atoms with Crippen LogP contribution in [-0.4, -0.2) is 43.6 Å². The van der Waals surface area contributed by atoms with Crippen molar-refractivity contribution >= 4 is 29.9 Å². The highest BCUT2D eigenvalue weighted by Gasteiger charge is 2.40. The zero-order valence-electron chi connectivity index (χ0n) is 16.5. The van der Waals surface area contributed by atoms with Crippen LogP contribution in [0.15, 0.2) is 65.7 Å².